The molecule has 0 saturated carbocycles. The molecule has 0 spiro atoms. The van der Waals surface area contributed by atoms with Gasteiger partial charge in [0.2, 0.25) is 0 Å². The zero-order valence-corrected chi connectivity index (χ0v) is 17.9. The van der Waals surface area contributed by atoms with Gasteiger partial charge in [0, 0.05) is 0 Å². The van der Waals surface area contributed by atoms with Crippen LogP contribution < -0.4 is 5.46 Å². The lowest BCUT2D eigenvalue weighted by Crippen LogP contribution is -2.29. The van der Waals surface area contributed by atoms with Crippen LogP contribution in [-0.2, 0) is 0 Å². The summed E-state index contributed by atoms with van der Waals surface area (Å²) in [7, 11) is -1.47. The summed E-state index contributed by atoms with van der Waals surface area (Å²) < 4.78 is 0. The van der Waals surface area contributed by atoms with E-state index in [1.54, 1.807) is 12.1 Å². The molecule has 0 radical (unpaired) electrons. The minimum atomic E-state index is -1.47. The molecule has 0 aliphatic carbocycles. The normalized spacial score (nSPS) is 11.3. The first kappa shape index (κ1) is 19.7. The smallest absolute Gasteiger partial charge is 0.423 e. The Morgan fingerprint density at radius 1 is 0.424 bits per heavy atom. The molecule has 0 aliphatic rings. The van der Waals surface area contributed by atoms with Crippen molar-refractivity contribution in [2.45, 2.75) is 0 Å². The molecule has 0 heterocycles. The van der Waals surface area contributed by atoms with Crippen molar-refractivity contribution in [2.24, 2.45) is 0 Å². The molecular formula is C30H21BO2. The summed E-state index contributed by atoms with van der Waals surface area (Å²) in [6.45, 7) is 0. The van der Waals surface area contributed by atoms with Gasteiger partial charge in [0.25, 0.3) is 0 Å². The van der Waals surface area contributed by atoms with Gasteiger partial charge in [-0.25, -0.2) is 0 Å². The van der Waals surface area contributed by atoms with Crippen molar-refractivity contribution >= 4 is 44.9 Å². The lowest BCUT2D eigenvalue weighted by molar-refractivity contribution is 0.426. The van der Waals surface area contributed by atoms with Crippen LogP contribution in [0.1, 0.15) is 0 Å². The Kier molecular flexibility index (Phi) is 4.72. The second kappa shape index (κ2) is 7.89. The van der Waals surface area contributed by atoms with Crippen LogP contribution in [0.4, 0.5) is 0 Å². The third-order valence-corrected chi connectivity index (χ3v) is 6.47. The maximum atomic E-state index is 9.52. The summed E-state index contributed by atoms with van der Waals surface area (Å²) in [4.78, 5) is 0. The minimum absolute atomic E-state index is 0.486. The summed E-state index contributed by atoms with van der Waals surface area (Å²) in [5.74, 6) is 0. The molecule has 0 aliphatic heterocycles. The largest absolute Gasteiger partial charge is 0.488 e. The van der Waals surface area contributed by atoms with E-state index >= 15 is 0 Å². The number of hydrogen-bond donors (Lipinski definition) is 2. The second-order valence-electron chi connectivity index (χ2n) is 8.40. The Morgan fingerprint density at radius 2 is 0.879 bits per heavy atom. The van der Waals surface area contributed by atoms with E-state index in [2.05, 4.69) is 91.0 Å². The average molecular weight is 424 g/mol. The topological polar surface area (TPSA) is 40.5 Å². The van der Waals surface area contributed by atoms with Gasteiger partial charge in [-0.3, -0.25) is 0 Å². The average Bonchev–Trinajstić information content (AvgIpc) is 2.87. The molecule has 0 aromatic heterocycles. The first-order chi connectivity index (χ1) is 16.2. The fourth-order valence-corrected chi connectivity index (χ4v) is 4.92. The number of benzene rings is 6. The Hall–Kier alpha value is -3.92. The van der Waals surface area contributed by atoms with E-state index in [4.69, 9.17) is 0 Å². The minimum Gasteiger partial charge on any atom is -0.423 e. The van der Waals surface area contributed by atoms with Crippen molar-refractivity contribution in [2.75, 3.05) is 0 Å². The van der Waals surface area contributed by atoms with Crippen LogP contribution in [0.2, 0.25) is 0 Å². The van der Waals surface area contributed by atoms with Gasteiger partial charge in [-0.15, -0.1) is 0 Å². The number of fused-ring (bicyclic) bond motifs is 3. The summed E-state index contributed by atoms with van der Waals surface area (Å²) in [6, 6.07) is 39.7. The molecular weight excluding hydrogens is 403 g/mol. The Labute approximate surface area is 192 Å². The maximum absolute atomic E-state index is 9.52. The molecule has 0 amide bonds. The highest BCUT2D eigenvalue weighted by atomic mass is 16.4. The molecule has 156 valence electrons. The molecule has 6 rings (SSSR count). The van der Waals surface area contributed by atoms with E-state index in [1.807, 2.05) is 12.1 Å². The molecule has 0 bridgehead atoms. The van der Waals surface area contributed by atoms with Crippen LogP contribution in [-0.4, -0.2) is 17.2 Å². The molecule has 0 fully saturated rings. The first-order valence-corrected chi connectivity index (χ1v) is 11.1. The van der Waals surface area contributed by atoms with Gasteiger partial charge in [-0.1, -0.05) is 109 Å². The monoisotopic (exact) mass is 424 g/mol. The highest BCUT2D eigenvalue weighted by Crippen LogP contribution is 2.43. The number of hydrogen-bond acceptors (Lipinski definition) is 2. The van der Waals surface area contributed by atoms with Gasteiger partial charge in [-0.2, -0.15) is 0 Å². The Balaban J connectivity index is 1.70. The van der Waals surface area contributed by atoms with Gasteiger partial charge < -0.3 is 10.0 Å². The van der Waals surface area contributed by atoms with Crippen molar-refractivity contribution in [3.05, 3.63) is 115 Å². The fraction of sp³-hybridized carbons (Fsp3) is 0. The molecule has 6 aromatic rings. The predicted octanol–water partition coefficient (Wildman–Crippen LogP) is 6.16. The van der Waals surface area contributed by atoms with Crippen LogP contribution in [0.3, 0.4) is 0 Å². The highest BCUT2D eigenvalue weighted by molar-refractivity contribution is 6.58. The van der Waals surface area contributed by atoms with E-state index in [0.29, 0.717) is 5.46 Å². The molecule has 0 atom stereocenters. The lowest BCUT2D eigenvalue weighted by Gasteiger charge is -2.18. The molecule has 2 N–H and O–H groups in total. The van der Waals surface area contributed by atoms with Gasteiger partial charge in [0.15, 0.2) is 0 Å². The van der Waals surface area contributed by atoms with Crippen LogP contribution in [0.25, 0.3) is 54.6 Å². The molecule has 3 heteroatoms. The molecule has 2 nitrogen and oxygen atoms in total. The third-order valence-electron chi connectivity index (χ3n) is 6.47. The van der Waals surface area contributed by atoms with E-state index in [1.165, 1.54) is 43.4 Å². The maximum Gasteiger partial charge on any atom is 0.488 e. The SMILES string of the molecule is OB(O)c1ccc(-c2c3ccccc3c(-c3ccc4ccccc4c3)c3ccccc23)cc1. The standard InChI is InChI=1S/C30H21BO2/c32-31(33)24-17-15-21(16-18-24)29-25-9-3-5-11-27(25)30(28-12-6-4-10-26(28)29)23-14-13-20-7-1-2-8-22(20)19-23/h1-19,32-33H. The van der Waals surface area contributed by atoms with Gasteiger partial charge in [-0.05, 0) is 66.1 Å². The summed E-state index contributed by atoms with van der Waals surface area (Å²) in [5.41, 5.74) is 5.13. The molecule has 0 unspecified atom stereocenters. The lowest BCUT2D eigenvalue weighted by atomic mass is 9.79. The fourth-order valence-electron chi connectivity index (χ4n) is 4.92. The quantitative estimate of drug-likeness (QED) is 0.264. The van der Waals surface area contributed by atoms with Crippen molar-refractivity contribution < 1.29 is 10.0 Å². The van der Waals surface area contributed by atoms with E-state index in [-0.39, 0.29) is 0 Å². The van der Waals surface area contributed by atoms with Crippen molar-refractivity contribution in [1.29, 1.82) is 0 Å². The Morgan fingerprint density at radius 3 is 1.42 bits per heavy atom. The zero-order valence-electron chi connectivity index (χ0n) is 17.9. The van der Waals surface area contributed by atoms with Crippen LogP contribution in [0, 0.1) is 0 Å². The molecule has 33 heavy (non-hydrogen) atoms. The zero-order chi connectivity index (χ0) is 22.4. The third kappa shape index (κ3) is 3.30. The van der Waals surface area contributed by atoms with Gasteiger partial charge >= 0.3 is 7.12 Å². The van der Waals surface area contributed by atoms with Crippen LogP contribution >= 0.6 is 0 Å². The predicted molar refractivity (Wildman–Crippen MR) is 140 cm³/mol. The summed E-state index contributed by atoms with van der Waals surface area (Å²) in [5, 5.41) is 26.3. The Bertz CT molecular complexity index is 1580. The van der Waals surface area contributed by atoms with E-state index in [9.17, 15) is 10.0 Å². The summed E-state index contributed by atoms with van der Waals surface area (Å²) in [6.07, 6.45) is 0. The van der Waals surface area contributed by atoms with Gasteiger partial charge in [0.1, 0.15) is 0 Å². The van der Waals surface area contributed by atoms with E-state index < -0.39 is 7.12 Å². The van der Waals surface area contributed by atoms with Crippen LogP contribution in [0.15, 0.2) is 115 Å². The van der Waals surface area contributed by atoms with Crippen LogP contribution in [0.5, 0.6) is 0 Å². The van der Waals surface area contributed by atoms with Crippen molar-refractivity contribution in [1.82, 2.24) is 0 Å². The highest BCUT2D eigenvalue weighted by Gasteiger charge is 2.17. The van der Waals surface area contributed by atoms with Gasteiger partial charge in [0.05, 0.1) is 0 Å². The number of rotatable bonds is 3. The van der Waals surface area contributed by atoms with Crippen molar-refractivity contribution in [3.8, 4) is 22.3 Å². The van der Waals surface area contributed by atoms with E-state index in [0.717, 1.165) is 11.1 Å². The first-order valence-electron chi connectivity index (χ1n) is 11.1. The molecule has 6 aromatic carbocycles. The second-order valence-corrected chi connectivity index (χ2v) is 8.40. The molecule has 0 saturated heterocycles. The van der Waals surface area contributed by atoms with Crippen molar-refractivity contribution in [3.63, 3.8) is 0 Å². The summed E-state index contributed by atoms with van der Waals surface area (Å²) >= 11 is 0.